The van der Waals surface area contributed by atoms with Crippen molar-refractivity contribution in [1.82, 2.24) is 9.78 Å². The normalized spacial score (nSPS) is 11.9. The van der Waals surface area contributed by atoms with Crippen molar-refractivity contribution in [2.24, 2.45) is 5.14 Å². The Morgan fingerprint density at radius 1 is 1.43 bits per heavy atom. The van der Waals surface area contributed by atoms with Gasteiger partial charge in [0.25, 0.3) is 0 Å². The Balaban J connectivity index is 2.15. The average Bonchev–Trinajstić information content (AvgIpc) is 2.85. The number of nitrogens with zero attached hydrogens (tertiary/aromatic N) is 2. The van der Waals surface area contributed by atoms with Crippen LogP contribution in [0.5, 0.6) is 0 Å². The van der Waals surface area contributed by atoms with Crippen LogP contribution in [-0.4, -0.2) is 18.2 Å². The molecule has 0 aliphatic rings. The summed E-state index contributed by atoms with van der Waals surface area (Å²) >= 11 is 6.05. The molecule has 0 spiro atoms. The third-order valence-electron chi connectivity index (χ3n) is 2.93. The summed E-state index contributed by atoms with van der Waals surface area (Å²) in [7, 11) is -3.75. The van der Waals surface area contributed by atoms with Gasteiger partial charge in [0.1, 0.15) is 0 Å². The molecule has 0 radical (unpaired) electrons. The first kappa shape index (κ1) is 15.8. The van der Waals surface area contributed by atoms with Crippen LogP contribution in [0, 0.1) is 0 Å². The molecule has 2 aromatic rings. The fourth-order valence-corrected chi connectivity index (χ4v) is 2.49. The van der Waals surface area contributed by atoms with Gasteiger partial charge in [0, 0.05) is 24.3 Å². The molecule has 8 heteroatoms. The Morgan fingerprint density at radius 3 is 2.71 bits per heavy atom. The second kappa shape index (κ2) is 6.05. The van der Waals surface area contributed by atoms with Crippen molar-refractivity contribution in [3.63, 3.8) is 0 Å². The first-order valence-electron chi connectivity index (χ1n) is 6.36. The van der Waals surface area contributed by atoms with Crippen molar-refractivity contribution in [2.75, 3.05) is 5.32 Å². The largest absolute Gasteiger partial charge is 0.380 e. The molecule has 0 aliphatic heterocycles. The fourth-order valence-electron chi connectivity index (χ4n) is 1.77. The maximum absolute atomic E-state index is 11.3. The molecule has 21 heavy (non-hydrogen) atoms. The Bertz CT molecular complexity index is 740. The molecule has 0 amide bonds. The van der Waals surface area contributed by atoms with Gasteiger partial charge in [-0.15, -0.1) is 0 Å². The third-order valence-corrected chi connectivity index (χ3v) is 4.17. The van der Waals surface area contributed by atoms with Gasteiger partial charge in [-0.25, -0.2) is 13.6 Å². The second-order valence-electron chi connectivity index (χ2n) is 4.96. The highest BCUT2D eigenvalue weighted by Gasteiger charge is 2.11. The summed E-state index contributed by atoms with van der Waals surface area (Å²) in [6, 6.07) is 4.58. The van der Waals surface area contributed by atoms with Gasteiger partial charge in [-0.05, 0) is 32.0 Å². The number of halogens is 1. The predicted octanol–water partition coefficient (Wildman–Crippen LogP) is 2.38. The van der Waals surface area contributed by atoms with Crippen LogP contribution < -0.4 is 10.5 Å². The third kappa shape index (κ3) is 3.96. The van der Waals surface area contributed by atoms with Crippen LogP contribution in [0.15, 0.2) is 35.5 Å². The van der Waals surface area contributed by atoms with E-state index in [0.29, 0.717) is 17.3 Å². The maximum atomic E-state index is 11.3. The van der Waals surface area contributed by atoms with Gasteiger partial charge >= 0.3 is 0 Å². The Kier molecular flexibility index (Phi) is 4.55. The number of anilines is 1. The number of rotatable bonds is 5. The summed E-state index contributed by atoms with van der Waals surface area (Å²) < 4.78 is 24.5. The molecule has 1 aromatic heterocycles. The summed E-state index contributed by atoms with van der Waals surface area (Å²) in [5, 5.41) is 12.9. The number of aromatic nitrogens is 2. The molecule has 1 heterocycles. The van der Waals surface area contributed by atoms with Crippen LogP contribution in [0.3, 0.4) is 0 Å². The number of nitrogens with one attached hydrogen (secondary N) is 1. The van der Waals surface area contributed by atoms with Gasteiger partial charge in [0.2, 0.25) is 10.0 Å². The fraction of sp³-hybridized carbons (Fsp3) is 0.308. The number of benzene rings is 1. The van der Waals surface area contributed by atoms with Crippen LogP contribution in [0.1, 0.15) is 25.5 Å². The van der Waals surface area contributed by atoms with Gasteiger partial charge in [0.15, 0.2) is 0 Å². The van der Waals surface area contributed by atoms with Crippen LogP contribution in [0.2, 0.25) is 5.02 Å². The summed E-state index contributed by atoms with van der Waals surface area (Å²) in [6.07, 6.45) is 3.68. The van der Waals surface area contributed by atoms with Crippen molar-refractivity contribution >= 4 is 27.3 Å². The molecular weight excluding hydrogens is 312 g/mol. The SMILES string of the molecule is CC(C)n1cc(CNc2cc(S(N)(=O)=O)ccc2Cl)cn1. The van der Waals surface area contributed by atoms with Crippen LogP contribution >= 0.6 is 11.6 Å². The molecule has 0 bridgehead atoms. The summed E-state index contributed by atoms with van der Waals surface area (Å²) in [4.78, 5) is 0.0206. The Morgan fingerprint density at radius 2 is 2.14 bits per heavy atom. The second-order valence-corrected chi connectivity index (χ2v) is 6.93. The minimum atomic E-state index is -3.75. The molecule has 0 saturated heterocycles. The molecule has 3 N–H and O–H groups in total. The molecule has 2 rings (SSSR count). The zero-order chi connectivity index (χ0) is 15.6. The highest BCUT2D eigenvalue weighted by Crippen LogP contribution is 2.25. The number of hydrogen-bond acceptors (Lipinski definition) is 4. The van der Waals surface area contributed by atoms with Crippen molar-refractivity contribution in [3.8, 4) is 0 Å². The minimum absolute atomic E-state index is 0.0206. The molecule has 114 valence electrons. The van der Waals surface area contributed by atoms with E-state index in [1.54, 1.807) is 6.20 Å². The van der Waals surface area contributed by atoms with E-state index in [-0.39, 0.29) is 10.9 Å². The molecule has 0 saturated carbocycles. The summed E-state index contributed by atoms with van der Waals surface area (Å²) in [6.45, 7) is 4.56. The van der Waals surface area contributed by atoms with Gasteiger partial charge < -0.3 is 5.32 Å². The number of sulfonamides is 1. The van der Waals surface area contributed by atoms with Crippen molar-refractivity contribution < 1.29 is 8.42 Å². The Labute approximate surface area is 129 Å². The van der Waals surface area contributed by atoms with E-state index in [0.717, 1.165) is 5.56 Å². The van der Waals surface area contributed by atoms with E-state index in [9.17, 15) is 8.42 Å². The lowest BCUT2D eigenvalue weighted by atomic mass is 10.3. The molecule has 1 aromatic carbocycles. The molecule has 0 atom stereocenters. The van der Waals surface area contributed by atoms with Crippen LogP contribution in [-0.2, 0) is 16.6 Å². The zero-order valence-electron chi connectivity index (χ0n) is 11.7. The van der Waals surface area contributed by atoms with Crippen molar-refractivity contribution in [2.45, 2.75) is 31.3 Å². The van der Waals surface area contributed by atoms with Gasteiger partial charge in [0.05, 0.1) is 21.8 Å². The topological polar surface area (TPSA) is 90.0 Å². The van der Waals surface area contributed by atoms with Crippen LogP contribution in [0.4, 0.5) is 5.69 Å². The average molecular weight is 329 g/mol. The highest BCUT2D eigenvalue weighted by molar-refractivity contribution is 7.89. The standard InChI is InChI=1S/C13H17ClN4O2S/c1-9(2)18-8-10(7-17-18)6-16-13-5-11(21(15,19)20)3-4-12(13)14/h3-5,7-9,16H,6H2,1-2H3,(H2,15,19,20). The Hall–Kier alpha value is -1.57. The van der Waals surface area contributed by atoms with Crippen LogP contribution in [0.25, 0.3) is 0 Å². The molecule has 0 fully saturated rings. The molecule has 6 nitrogen and oxygen atoms in total. The van der Waals surface area contributed by atoms with Crippen molar-refractivity contribution in [3.05, 3.63) is 41.2 Å². The lowest BCUT2D eigenvalue weighted by Gasteiger charge is -2.09. The molecular formula is C13H17ClN4O2S. The monoisotopic (exact) mass is 328 g/mol. The predicted molar refractivity (Wildman–Crippen MR) is 82.8 cm³/mol. The highest BCUT2D eigenvalue weighted by atomic mass is 35.5. The summed E-state index contributed by atoms with van der Waals surface area (Å²) in [5.74, 6) is 0. The quantitative estimate of drug-likeness (QED) is 0.881. The van der Waals surface area contributed by atoms with E-state index >= 15 is 0 Å². The first-order valence-corrected chi connectivity index (χ1v) is 8.29. The van der Waals surface area contributed by atoms with Crippen molar-refractivity contribution in [1.29, 1.82) is 0 Å². The van der Waals surface area contributed by atoms with E-state index in [1.165, 1.54) is 18.2 Å². The van der Waals surface area contributed by atoms with E-state index < -0.39 is 10.0 Å². The van der Waals surface area contributed by atoms with Gasteiger partial charge in [-0.3, -0.25) is 4.68 Å². The lowest BCUT2D eigenvalue weighted by Crippen LogP contribution is -2.12. The van der Waals surface area contributed by atoms with Gasteiger partial charge in [-0.2, -0.15) is 5.10 Å². The number of primary sulfonamides is 1. The number of hydrogen-bond donors (Lipinski definition) is 2. The molecule has 0 unspecified atom stereocenters. The number of nitrogens with two attached hydrogens (primary N) is 1. The minimum Gasteiger partial charge on any atom is -0.380 e. The summed E-state index contributed by atoms with van der Waals surface area (Å²) in [5.41, 5.74) is 1.49. The van der Waals surface area contributed by atoms with E-state index in [1.807, 2.05) is 24.7 Å². The zero-order valence-corrected chi connectivity index (χ0v) is 13.3. The molecule has 0 aliphatic carbocycles. The lowest BCUT2D eigenvalue weighted by molar-refractivity contribution is 0.532. The maximum Gasteiger partial charge on any atom is 0.238 e. The van der Waals surface area contributed by atoms with Gasteiger partial charge in [-0.1, -0.05) is 11.6 Å². The smallest absolute Gasteiger partial charge is 0.238 e. The first-order chi connectivity index (χ1) is 9.77. The van der Waals surface area contributed by atoms with E-state index in [4.69, 9.17) is 16.7 Å². The van der Waals surface area contributed by atoms with E-state index in [2.05, 4.69) is 10.4 Å².